The highest BCUT2D eigenvalue weighted by atomic mass is 15.3. The third kappa shape index (κ3) is 2.20. The second-order valence-electron chi connectivity index (χ2n) is 5.46. The molecule has 0 saturated carbocycles. The molecule has 0 spiro atoms. The first-order valence-corrected chi connectivity index (χ1v) is 7.19. The van der Waals surface area contributed by atoms with Gasteiger partial charge >= 0.3 is 0 Å². The normalized spacial score (nSPS) is 17.6. The molecule has 2 rings (SSSR count). The Morgan fingerprint density at radius 1 is 1.17 bits per heavy atom. The van der Waals surface area contributed by atoms with Crippen LogP contribution in [0.4, 0.5) is 11.5 Å². The highest BCUT2D eigenvalue weighted by Crippen LogP contribution is 2.35. The van der Waals surface area contributed by atoms with E-state index in [4.69, 9.17) is 0 Å². The van der Waals surface area contributed by atoms with Gasteiger partial charge in [-0.3, -0.25) is 4.68 Å². The van der Waals surface area contributed by atoms with Crippen LogP contribution in [0.1, 0.15) is 45.7 Å². The van der Waals surface area contributed by atoms with Crippen LogP contribution in [-0.2, 0) is 13.5 Å². The summed E-state index contributed by atoms with van der Waals surface area (Å²) in [6, 6.07) is 0. The molecule has 102 valence electrons. The standard InChI is InChI=1S/C14H26N4/c1-5-8-11-12-13(18(4)17-11)16-10-14(6-2,7-3)9-15-12/h15-16H,5-10H2,1-4H3. The molecule has 0 aromatic carbocycles. The Balaban J connectivity index is 2.27. The van der Waals surface area contributed by atoms with Gasteiger partial charge in [-0.25, -0.2) is 0 Å². The molecule has 18 heavy (non-hydrogen) atoms. The van der Waals surface area contributed by atoms with Crippen LogP contribution in [-0.4, -0.2) is 22.9 Å². The average molecular weight is 250 g/mol. The second kappa shape index (κ2) is 5.21. The SMILES string of the molecule is CCCc1nn(C)c2c1NCC(CC)(CC)CN2. The number of aromatic nitrogens is 2. The summed E-state index contributed by atoms with van der Waals surface area (Å²) in [5.41, 5.74) is 2.79. The molecule has 0 bridgehead atoms. The van der Waals surface area contributed by atoms with Gasteiger partial charge in [-0.05, 0) is 19.3 Å². The maximum atomic E-state index is 4.61. The minimum atomic E-state index is 0.364. The molecule has 4 heteroatoms. The van der Waals surface area contributed by atoms with Gasteiger partial charge in [-0.15, -0.1) is 0 Å². The van der Waals surface area contributed by atoms with Gasteiger partial charge in [0, 0.05) is 25.6 Å². The number of fused-ring (bicyclic) bond motifs is 1. The van der Waals surface area contributed by atoms with Gasteiger partial charge in [0.15, 0.2) is 0 Å². The van der Waals surface area contributed by atoms with E-state index in [1.807, 2.05) is 11.7 Å². The van der Waals surface area contributed by atoms with E-state index in [0.29, 0.717) is 5.41 Å². The van der Waals surface area contributed by atoms with E-state index >= 15 is 0 Å². The second-order valence-corrected chi connectivity index (χ2v) is 5.46. The zero-order valence-corrected chi connectivity index (χ0v) is 12.1. The molecule has 0 saturated heterocycles. The Bertz CT molecular complexity index is 404. The van der Waals surface area contributed by atoms with E-state index in [2.05, 4.69) is 36.5 Å². The van der Waals surface area contributed by atoms with Crippen molar-refractivity contribution >= 4 is 11.5 Å². The topological polar surface area (TPSA) is 41.9 Å². The van der Waals surface area contributed by atoms with Crippen molar-refractivity contribution in [1.82, 2.24) is 9.78 Å². The van der Waals surface area contributed by atoms with Crippen LogP contribution in [0.2, 0.25) is 0 Å². The van der Waals surface area contributed by atoms with Crippen molar-refractivity contribution in [3.63, 3.8) is 0 Å². The predicted octanol–water partition coefficient (Wildman–Crippen LogP) is 3.02. The van der Waals surface area contributed by atoms with Crippen LogP contribution < -0.4 is 10.6 Å². The number of nitrogens with one attached hydrogen (secondary N) is 2. The molecule has 0 amide bonds. The summed E-state index contributed by atoms with van der Waals surface area (Å²) in [4.78, 5) is 0. The smallest absolute Gasteiger partial charge is 0.148 e. The molecule has 1 aliphatic heterocycles. The Kier molecular flexibility index (Phi) is 3.83. The van der Waals surface area contributed by atoms with Gasteiger partial charge in [0.05, 0.1) is 5.69 Å². The number of hydrogen-bond acceptors (Lipinski definition) is 3. The Labute approximate surface area is 110 Å². The van der Waals surface area contributed by atoms with Crippen LogP contribution in [0.5, 0.6) is 0 Å². The molecule has 1 aliphatic rings. The summed E-state index contributed by atoms with van der Waals surface area (Å²) in [7, 11) is 2.03. The van der Waals surface area contributed by atoms with E-state index < -0.39 is 0 Å². The zero-order valence-electron chi connectivity index (χ0n) is 12.1. The first-order chi connectivity index (χ1) is 8.65. The van der Waals surface area contributed by atoms with Crippen LogP contribution in [0, 0.1) is 5.41 Å². The molecular formula is C14H26N4. The van der Waals surface area contributed by atoms with Gasteiger partial charge < -0.3 is 10.6 Å². The lowest BCUT2D eigenvalue weighted by atomic mass is 9.82. The zero-order chi connectivity index (χ0) is 13.2. The number of nitrogens with zero attached hydrogens (tertiary/aromatic N) is 2. The van der Waals surface area contributed by atoms with Gasteiger partial charge in [0.2, 0.25) is 0 Å². The Morgan fingerprint density at radius 2 is 1.83 bits per heavy atom. The summed E-state index contributed by atoms with van der Waals surface area (Å²) >= 11 is 0. The third-order valence-electron chi connectivity index (χ3n) is 4.38. The molecule has 2 N–H and O–H groups in total. The third-order valence-corrected chi connectivity index (χ3v) is 4.38. The summed E-state index contributed by atoms with van der Waals surface area (Å²) in [6.07, 6.45) is 4.59. The molecule has 1 aromatic rings. The lowest BCUT2D eigenvalue weighted by Crippen LogP contribution is -2.33. The Hall–Kier alpha value is -1.19. The summed E-state index contributed by atoms with van der Waals surface area (Å²) in [6.45, 7) is 8.85. The van der Waals surface area contributed by atoms with Crippen molar-refractivity contribution in [3.8, 4) is 0 Å². The number of hydrogen-bond donors (Lipinski definition) is 2. The van der Waals surface area contributed by atoms with Crippen molar-refractivity contribution in [1.29, 1.82) is 0 Å². The van der Waals surface area contributed by atoms with Gasteiger partial charge in [-0.2, -0.15) is 5.10 Å². The fraction of sp³-hybridized carbons (Fsp3) is 0.786. The van der Waals surface area contributed by atoms with Crippen LogP contribution >= 0.6 is 0 Å². The van der Waals surface area contributed by atoms with E-state index in [0.717, 1.165) is 31.7 Å². The van der Waals surface area contributed by atoms with Crippen molar-refractivity contribution in [3.05, 3.63) is 5.69 Å². The van der Waals surface area contributed by atoms with E-state index in [1.54, 1.807) is 0 Å². The van der Waals surface area contributed by atoms with Gasteiger partial charge in [0.25, 0.3) is 0 Å². The number of rotatable bonds is 4. The first-order valence-electron chi connectivity index (χ1n) is 7.19. The quantitative estimate of drug-likeness (QED) is 0.863. The fourth-order valence-electron chi connectivity index (χ4n) is 2.74. The number of anilines is 2. The molecule has 1 aromatic heterocycles. The van der Waals surface area contributed by atoms with E-state index in [9.17, 15) is 0 Å². The van der Waals surface area contributed by atoms with Crippen LogP contribution in [0.15, 0.2) is 0 Å². The van der Waals surface area contributed by atoms with Crippen molar-refractivity contribution in [2.45, 2.75) is 46.5 Å². The molecule has 4 nitrogen and oxygen atoms in total. The lowest BCUT2D eigenvalue weighted by molar-refractivity contribution is 0.306. The molecular weight excluding hydrogens is 224 g/mol. The number of aryl methyl sites for hydroxylation is 2. The first kappa shape index (κ1) is 13.2. The fourth-order valence-corrected chi connectivity index (χ4v) is 2.74. The predicted molar refractivity (Wildman–Crippen MR) is 77.2 cm³/mol. The molecule has 2 heterocycles. The van der Waals surface area contributed by atoms with Gasteiger partial charge in [0.1, 0.15) is 11.5 Å². The van der Waals surface area contributed by atoms with E-state index in [-0.39, 0.29) is 0 Å². The lowest BCUT2D eigenvalue weighted by Gasteiger charge is -2.30. The van der Waals surface area contributed by atoms with Gasteiger partial charge in [-0.1, -0.05) is 27.2 Å². The molecule has 0 atom stereocenters. The minimum absolute atomic E-state index is 0.364. The molecule has 0 radical (unpaired) electrons. The van der Waals surface area contributed by atoms with E-state index in [1.165, 1.54) is 24.2 Å². The highest BCUT2D eigenvalue weighted by Gasteiger charge is 2.31. The maximum absolute atomic E-state index is 4.61. The molecule has 0 aliphatic carbocycles. The van der Waals surface area contributed by atoms with Crippen molar-refractivity contribution < 1.29 is 0 Å². The average Bonchev–Trinajstić information content (AvgIpc) is 2.58. The van der Waals surface area contributed by atoms with Crippen molar-refractivity contribution in [2.75, 3.05) is 23.7 Å². The summed E-state index contributed by atoms with van der Waals surface area (Å²) < 4.78 is 1.98. The van der Waals surface area contributed by atoms with Crippen LogP contribution in [0.25, 0.3) is 0 Å². The summed E-state index contributed by atoms with van der Waals surface area (Å²) in [5.74, 6) is 1.15. The van der Waals surface area contributed by atoms with Crippen LogP contribution in [0.3, 0.4) is 0 Å². The summed E-state index contributed by atoms with van der Waals surface area (Å²) in [5, 5.41) is 11.9. The minimum Gasteiger partial charge on any atom is -0.380 e. The maximum Gasteiger partial charge on any atom is 0.148 e. The monoisotopic (exact) mass is 250 g/mol. The highest BCUT2D eigenvalue weighted by molar-refractivity contribution is 5.69. The molecule has 0 fully saturated rings. The Morgan fingerprint density at radius 3 is 2.44 bits per heavy atom. The van der Waals surface area contributed by atoms with Crippen molar-refractivity contribution in [2.24, 2.45) is 12.5 Å². The largest absolute Gasteiger partial charge is 0.380 e. The molecule has 0 unspecified atom stereocenters.